The topological polar surface area (TPSA) is 17.1 Å². The molecular formula is C8H4BrF3O. The fourth-order valence-corrected chi connectivity index (χ4v) is 1.32. The lowest BCUT2D eigenvalue weighted by Gasteiger charge is -2.05. The van der Waals surface area contributed by atoms with Crippen LogP contribution >= 0.6 is 15.9 Å². The summed E-state index contributed by atoms with van der Waals surface area (Å²) in [5.74, 6) is -4.37. The molecule has 0 bridgehead atoms. The lowest BCUT2D eigenvalue weighted by Crippen LogP contribution is -2.02. The van der Waals surface area contributed by atoms with Crippen LogP contribution in [0.2, 0.25) is 0 Å². The van der Waals surface area contributed by atoms with Crippen LogP contribution in [0, 0.1) is 24.4 Å². The van der Waals surface area contributed by atoms with Crippen LogP contribution in [-0.4, -0.2) is 6.29 Å². The standard InChI is InChI=1S/C8H4BrF3O/c1-3-5(9)4(2-13)7(11)8(12)6(3)10/h2H,1H3. The molecule has 0 amide bonds. The molecule has 0 spiro atoms. The van der Waals surface area contributed by atoms with E-state index in [0.29, 0.717) is 0 Å². The zero-order valence-electron chi connectivity index (χ0n) is 6.50. The van der Waals surface area contributed by atoms with Crippen molar-refractivity contribution in [1.82, 2.24) is 0 Å². The third-order valence-corrected chi connectivity index (χ3v) is 2.66. The van der Waals surface area contributed by atoms with Crippen LogP contribution in [0.1, 0.15) is 15.9 Å². The molecule has 0 aromatic heterocycles. The van der Waals surface area contributed by atoms with Gasteiger partial charge in [-0.15, -0.1) is 0 Å². The maximum absolute atomic E-state index is 12.8. The van der Waals surface area contributed by atoms with Crippen molar-refractivity contribution in [3.05, 3.63) is 33.1 Å². The third-order valence-electron chi connectivity index (χ3n) is 1.63. The van der Waals surface area contributed by atoms with Crippen molar-refractivity contribution in [1.29, 1.82) is 0 Å². The molecule has 1 aromatic carbocycles. The third kappa shape index (κ3) is 1.48. The van der Waals surface area contributed by atoms with Crippen LogP contribution in [-0.2, 0) is 0 Å². The first-order valence-corrected chi connectivity index (χ1v) is 4.07. The highest BCUT2D eigenvalue weighted by Crippen LogP contribution is 2.27. The van der Waals surface area contributed by atoms with Crippen LogP contribution in [0.3, 0.4) is 0 Å². The SMILES string of the molecule is Cc1c(F)c(F)c(F)c(C=O)c1Br. The van der Waals surface area contributed by atoms with Crippen molar-refractivity contribution in [3.63, 3.8) is 0 Å². The summed E-state index contributed by atoms with van der Waals surface area (Å²) in [6.45, 7) is 1.24. The first kappa shape index (κ1) is 10.2. The molecule has 1 aromatic rings. The molecule has 1 nitrogen and oxygen atoms in total. The first-order valence-electron chi connectivity index (χ1n) is 3.28. The van der Waals surface area contributed by atoms with Gasteiger partial charge in [-0.3, -0.25) is 4.79 Å². The lowest BCUT2D eigenvalue weighted by molar-refractivity contribution is 0.111. The van der Waals surface area contributed by atoms with Gasteiger partial charge in [0.2, 0.25) is 0 Å². The molecule has 0 aliphatic rings. The molecule has 0 atom stereocenters. The number of carbonyl (C=O) groups is 1. The zero-order chi connectivity index (χ0) is 10.2. The first-order chi connectivity index (χ1) is 6.00. The Morgan fingerprint density at radius 2 is 1.69 bits per heavy atom. The van der Waals surface area contributed by atoms with Crippen molar-refractivity contribution in [2.75, 3.05) is 0 Å². The molecule has 13 heavy (non-hydrogen) atoms. The Morgan fingerprint density at radius 1 is 1.15 bits per heavy atom. The predicted molar refractivity (Wildman–Crippen MR) is 44.1 cm³/mol. The van der Waals surface area contributed by atoms with Crippen LogP contribution < -0.4 is 0 Å². The number of rotatable bonds is 1. The number of carbonyl (C=O) groups excluding carboxylic acids is 1. The van der Waals surface area contributed by atoms with E-state index in [2.05, 4.69) is 15.9 Å². The maximum atomic E-state index is 12.8. The van der Waals surface area contributed by atoms with E-state index in [9.17, 15) is 18.0 Å². The van der Waals surface area contributed by atoms with Gasteiger partial charge in [0, 0.05) is 10.0 Å². The van der Waals surface area contributed by atoms with Crippen molar-refractivity contribution in [3.8, 4) is 0 Å². The summed E-state index contributed by atoms with van der Waals surface area (Å²) >= 11 is 2.80. The molecule has 0 saturated heterocycles. The van der Waals surface area contributed by atoms with E-state index in [4.69, 9.17) is 0 Å². The van der Waals surface area contributed by atoms with Crippen molar-refractivity contribution < 1.29 is 18.0 Å². The molecule has 0 saturated carbocycles. The monoisotopic (exact) mass is 252 g/mol. The second-order valence-corrected chi connectivity index (χ2v) is 3.21. The van der Waals surface area contributed by atoms with Gasteiger partial charge in [0.05, 0.1) is 5.56 Å². The lowest BCUT2D eigenvalue weighted by atomic mass is 10.1. The van der Waals surface area contributed by atoms with Crippen molar-refractivity contribution in [2.24, 2.45) is 0 Å². The molecule has 5 heteroatoms. The minimum atomic E-state index is -1.62. The summed E-state index contributed by atoms with van der Waals surface area (Å²) in [6, 6.07) is 0. The summed E-state index contributed by atoms with van der Waals surface area (Å²) in [4.78, 5) is 10.3. The Hall–Kier alpha value is -0.840. The number of benzene rings is 1. The Kier molecular flexibility index (Phi) is 2.75. The highest BCUT2D eigenvalue weighted by molar-refractivity contribution is 9.10. The summed E-state index contributed by atoms with van der Waals surface area (Å²) in [5, 5.41) is 0. The van der Waals surface area contributed by atoms with Gasteiger partial charge in [-0.2, -0.15) is 0 Å². The molecule has 0 aliphatic carbocycles. The number of aldehydes is 1. The van der Waals surface area contributed by atoms with Gasteiger partial charge < -0.3 is 0 Å². The molecule has 1 rings (SSSR count). The molecule has 70 valence electrons. The Bertz CT molecular complexity index is 347. The van der Waals surface area contributed by atoms with Gasteiger partial charge in [0.15, 0.2) is 23.7 Å². The molecule has 0 unspecified atom stereocenters. The van der Waals surface area contributed by atoms with Gasteiger partial charge in [-0.25, -0.2) is 13.2 Å². The van der Waals surface area contributed by atoms with Crippen molar-refractivity contribution in [2.45, 2.75) is 6.92 Å². The van der Waals surface area contributed by atoms with E-state index in [1.165, 1.54) is 6.92 Å². The molecule has 0 aliphatic heterocycles. The van der Waals surface area contributed by atoms with Gasteiger partial charge >= 0.3 is 0 Å². The van der Waals surface area contributed by atoms with Gasteiger partial charge in [-0.1, -0.05) is 0 Å². The number of hydrogen-bond donors (Lipinski definition) is 0. The van der Waals surface area contributed by atoms with Crippen molar-refractivity contribution >= 4 is 22.2 Å². The fourth-order valence-electron chi connectivity index (χ4n) is 0.877. The van der Waals surface area contributed by atoms with E-state index < -0.39 is 23.0 Å². The zero-order valence-corrected chi connectivity index (χ0v) is 8.08. The van der Waals surface area contributed by atoms with E-state index in [1.807, 2.05) is 0 Å². The summed E-state index contributed by atoms with van der Waals surface area (Å²) in [7, 11) is 0. The van der Waals surface area contributed by atoms with E-state index in [1.54, 1.807) is 0 Å². The maximum Gasteiger partial charge on any atom is 0.195 e. The summed E-state index contributed by atoms with van der Waals surface area (Å²) < 4.78 is 38.3. The molecule has 0 radical (unpaired) electrons. The minimum Gasteiger partial charge on any atom is -0.298 e. The molecule has 0 heterocycles. The average molecular weight is 253 g/mol. The Morgan fingerprint density at radius 3 is 2.15 bits per heavy atom. The fraction of sp³-hybridized carbons (Fsp3) is 0.125. The smallest absolute Gasteiger partial charge is 0.195 e. The van der Waals surface area contributed by atoms with Gasteiger partial charge in [-0.05, 0) is 22.9 Å². The minimum absolute atomic E-state index is 0.0566. The van der Waals surface area contributed by atoms with Crippen LogP contribution in [0.15, 0.2) is 4.47 Å². The van der Waals surface area contributed by atoms with Crippen LogP contribution in [0.4, 0.5) is 13.2 Å². The van der Waals surface area contributed by atoms with E-state index >= 15 is 0 Å². The van der Waals surface area contributed by atoms with Crippen LogP contribution in [0.25, 0.3) is 0 Å². The predicted octanol–water partition coefficient (Wildman–Crippen LogP) is 2.99. The highest BCUT2D eigenvalue weighted by Gasteiger charge is 2.20. The Balaban J connectivity index is 3.66. The second-order valence-electron chi connectivity index (χ2n) is 2.41. The molecule has 0 N–H and O–H groups in total. The highest BCUT2D eigenvalue weighted by atomic mass is 79.9. The van der Waals surface area contributed by atoms with Gasteiger partial charge in [0.1, 0.15) is 0 Å². The molecular weight excluding hydrogens is 249 g/mol. The summed E-state index contributed by atoms with van der Waals surface area (Å²) in [5.41, 5.74) is -0.627. The summed E-state index contributed by atoms with van der Waals surface area (Å²) in [6.07, 6.45) is 0.134. The molecule has 0 fully saturated rings. The second kappa shape index (κ2) is 3.49. The van der Waals surface area contributed by atoms with Gasteiger partial charge in [0.25, 0.3) is 0 Å². The van der Waals surface area contributed by atoms with E-state index in [0.717, 1.165) is 0 Å². The average Bonchev–Trinajstić information content (AvgIpc) is 2.13. The van der Waals surface area contributed by atoms with Crippen LogP contribution in [0.5, 0.6) is 0 Å². The normalized spacial score (nSPS) is 10.2. The number of halogens is 4. The largest absolute Gasteiger partial charge is 0.298 e. The number of hydrogen-bond acceptors (Lipinski definition) is 1. The Labute approximate surface area is 80.7 Å². The quantitative estimate of drug-likeness (QED) is 0.427. The van der Waals surface area contributed by atoms with E-state index in [-0.39, 0.29) is 16.3 Å².